The van der Waals surface area contributed by atoms with Crippen molar-refractivity contribution in [2.75, 3.05) is 32.7 Å². The van der Waals surface area contributed by atoms with Gasteiger partial charge >= 0.3 is 0 Å². The van der Waals surface area contributed by atoms with Gasteiger partial charge in [0.2, 0.25) is 0 Å². The highest BCUT2D eigenvalue weighted by atomic mass is 16.1. The van der Waals surface area contributed by atoms with Crippen LogP contribution < -0.4 is 0 Å². The minimum atomic E-state index is 0.225. The molecule has 0 saturated carbocycles. The third-order valence-corrected chi connectivity index (χ3v) is 4.76. The molecule has 0 radical (unpaired) electrons. The first-order valence-corrected chi connectivity index (χ1v) is 7.83. The quantitative estimate of drug-likeness (QED) is 0.800. The summed E-state index contributed by atoms with van der Waals surface area (Å²) >= 11 is 0. The monoisotopic (exact) mass is 291 g/mol. The Labute approximate surface area is 128 Å². The molecule has 1 aromatic heterocycles. The van der Waals surface area contributed by atoms with Gasteiger partial charge in [-0.2, -0.15) is 0 Å². The van der Waals surface area contributed by atoms with Crippen LogP contribution in [0.1, 0.15) is 42.5 Å². The molecule has 0 amide bonds. The van der Waals surface area contributed by atoms with E-state index in [2.05, 4.69) is 35.1 Å². The standard InChI is InChI=1S/C17H29N3O/c1-13-11-15(14(2)18(13)6)16(21)12-19-7-9-20(10-8-19)17(3,4)5/h11H,7-10,12H2,1-6H3. The number of carbonyl (C=O) groups excluding carboxylic acids is 1. The summed E-state index contributed by atoms with van der Waals surface area (Å²) in [6.45, 7) is 15.4. The van der Waals surface area contributed by atoms with Gasteiger partial charge in [0.1, 0.15) is 0 Å². The summed E-state index contributed by atoms with van der Waals surface area (Å²) in [6.07, 6.45) is 0. The summed E-state index contributed by atoms with van der Waals surface area (Å²) in [4.78, 5) is 17.3. The Balaban J connectivity index is 1.94. The first kappa shape index (κ1) is 16.2. The minimum Gasteiger partial charge on any atom is -0.351 e. The average molecular weight is 291 g/mol. The van der Waals surface area contributed by atoms with Gasteiger partial charge in [0.25, 0.3) is 0 Å². The molecule has 4 heteroatoms. The zero-order valence-corrected chi connectivity index (χ0v) is 14.4. The zero-order valence-electron chi connectivity index (χ0n) is 14.4. The first-order chi connectivity index (χ1) is 9.70. The molecule has 0 unspecified atom stereocenters. The van der Waals surface area contributed by atoms with Crippen molar-refractivity contribution >= 4 is 5.78 Å². The van der Waals surface area contributed by atoms with Gasteiger partial charge in [-0.3, -0.25) is 14.6 Å². The van der Waals surface area contributed by atoms with Crippen LogP contribution in [0.25, 0.3) is 0 Å². The molecule has 2 rings (SSSR count). The highest BCUT2D eigenvalue weighted by Gasteiger charge is 2.27. The summed E-state index contributed by atoms with van der Waals surface area (Å²) in [7, 11) is 2.02. The fraction of sp³-hybridized carbons (Fsp3) is 0.706. The molecule has 118 valence electrons. The second-order valence-electron chi connectivity index (χ2n) is 7.20. The Hall–Kier alpha value is -1.13. The summed E-state index contributed by atoms with van der Waals surface area (Å²) < 4.78 is 2.09. The van der Waals surface area contributed by atoms with Crippen molar-refractivity contribution in [1.82, 2.24) is 14.4 Å². The van der Waals surface area contributed by atoms with Crippen molar-refractivity contribution in [3.63, 3.8) is 0 Å². The number of ketones is 1. The predicted molar refractivity (Wildman–Crippen MR) is 87.0 cm³/mol. The second kappa shape index (κ2) is 5.93. The van der Waals surface area contributed by atoms with Gasteiger partial charge < -0.3 is 4.57 Å². The minimum absolute atomic E-state index is 0.225. The molecular formula is C17H29N3O. The third kappa shape index (κ3) is 3.55. The molecule has 0 N–H and O–H groups in total. The van der Waals surface area contributed by atoms with Gasteiger partial charge in [-0.25, -0.2) is 0 Å². The van der Waals surface area contributed by atoms with Gasteiger partial charge in [-0.05, 0) is 40.7 Å². The molecule has 1 fully saturated rings. The maximum atomic E-state index is 12.5. The molecule has 0 aromatic carbocycles. The van der Waals surface area contributed by atoms with E-state index in [0.717, 1.165) is 43.1 Å². The predicted octanol–water partition coefficient (Wildman–Crippen LogP) is 2.24. The molecule has 4 nitrogen and oxygen atoms in total. The van der Waals surface area contributed by atoms with E-state index in [1.165, 1.54) is 0 Å². The Bertz CT molecular complexity index is 517. The zero-order chi connectivity index (χ0) is 15.8. The number of nitrogens with zero attached hydrogens (tertiary/aromatic N) is 3. The molecule has 1 saturated heterocycles. The lowest BCUT2D eigenvalue weighted by Gasteiger charge is -2.42. The normalized spacial score (nSPS) is 18.2. The number of carbonyl (C=O) groups is 1. The van der Waals surface area contributed by atoms with E-state index in [1.807, 2.05) is 27.0 Å². The van der Waals surface area contributed by atoms with Crippen molar-refractivity contribution in [2.45, 2.75) is 40.2 Å². The van der Waals surface area contributed by atoms with E-state index in [-0.39, 0.29) is 11.3 Å². The van der Waals surface area contributed by atoms with Crippen LogP contribution in [-0.2, 0) is 7.05 Å². The number of aryl methyl sites for hydroxylation is 1. The lowest BCUT2D eigenvalue weighted by Crippen LogP contribution is -2.54. The van der Waals surface area contributed by atoms with Crippen LogP contribution >= 0.6 is 0 Å². The molecular weight excluding hydrogens is 262 g/mol. The fourth-order valence-corrected chi connectivity index (χ4v) is 3.00. The van der Waals surface area contributed by atoms with Gasteiger partial charge in [0.15, 0.2) is 5.78 Å². The van der Waals surface area contributed by atoms with Gasteiger partial charge in [0, 0.05) is 55.7 Å². The highest BCUT2D eigenvalue weighted by molar-refractivity contribution is 5.99. The molecule has 0 atom stereocenters. The maximum Gasteiger partial charge on any atom is 0.178 e. The Morgan fingerprint density at radius 2 is 1.71 bits per heavy atom. The number of rotatable bonds is 3. The van der Waals surface area contributed by atoms with Crippen LogP contribution in [0.2, 0.25) is 0 Å². The molecule has 1 aliphatic rings. The van der Waals surface area contributed by atoms with E-state index in [4.69, 9.17) is 0 Å². The van der Waals surface area contributed by atoms with E-state index >= 15 is 0 Å². The number of aromatic nitrogens is 1. The van der Waals surface area contributed by atoms with Crippen LogP contribution in [0.5, 0.6) is 0 Å². The lowest BCUT2D eigenvalue weighted by atomic mass is 10.0. The highest BCUT2D eigenvalue weighted by Crippen LogP contribution is 2.17. The van der Waals surface area contributed by atoms with Crippen LogP contribution in [0, 0.1) is 13.8 Å². The SMILES string of the molecule is Cc1cc(C(=O)CN2CCN(C(C)(C)C)CC2)c(C)n1C. The van der Waals surface area contributed by atoms with Gasteiger partial charge in [0.05, 0.1) is 6.54 Å². The molecule has 0 spiro atoms. The topological polar surface area (TPSA) is 28.5 Å². The van der Waals surface area contributed by atoms with Crippen LogP contribution in [0.4, 0.5) is 0 Å². The molecule has 2 heterocycles. The van der Waals surface area contributed by atoms with E-state index in [1.54, 1.807) is 0 Å². The molecule has 1 aromatic rings. The van der Waals surface area contributed by atoms with Crippen molar-refractivity contribution < 1.29 is 4.79 Å². The summed E-state index contributed by atoms with van der Waals surface area (Å²) in [6, 6.07) is 2.02. The maximum absolute atomic E-state index is 12.5. The van der Waals surface area contributed by atoms with E-state index in [9.17, 15) is 4.79 Å². The number of hydrogen-bond donors (Lipinski definition) is 0. The fourth-order valence-electron chi connectivity index (χ4n) is 3.00. The van der Waals surface area contributed by atoms with Crippen LogP contribution in [0.15, 0.2) is 6.07 Å². The second-order valence-corrected chi connectivity index (χ2v) is 7.20. The Morgan fingerprint density at radius 3 is 2.14 bits per heavy atom. The first-order valence-electron chi connectivity index (χ1n) is 7.83. The molecule has 21 heavy (non-hydrogen) atoms. The van der Waals surface area contributed by atoms with Crippen LogP contribution in [0.3, 0.4) is 0 Å². The number of piperazine rings is 1. The molecule has 0 bridgehead atoms. The van der Waals surface area contributed by atoms with Crippen molar-refractivity contribution in [1.29, 1.82) is 0 Å². The van der Waals surface area contributed by atoms with Gasteiger partial charge in [-0.15, -0.1) is 0 Å². The third-order valence-electron chi connectivity index (χ3n) is 4.76. The van der Waals surface area contributed by atoms with E-state index < -0.39 is 0 Å². The molecule has 0 aliphatic carbocycles. The molecule has 1 aliphatic heterocycles. The van der Waals surface area contributed by atoms with Gasteiger partial charge in [-0.1, -0.05) is 0 Å². The number of Topliss-reactive ketones (excluding diaryl/α,β-unsaturated/α-hetero) is 1. The number of hydrogen-bond acceptors (Lipinski definition) is 3. The summed E-state index contributed by atoms with van der Waals surface area (Å²) in [5, 5.41) is 0. The Kier molecular flexibility index (Phi) is 4.59. The summed E-state index contributed by atoms with van der Waals surface area (Å²) in [5.41, 5.74) is 3.33. The van der Waals surface area contributed by atoms with Crippen molar-refractivity contribution in [2.24, 2.45) is 7.05 Å². The smallest absolute Gasteiger partial charge is 0.178 e. The summed E-state index contributed by atoms with van der Waals surface area (Å²) in [5.74, 6) is 0.250. The van der Waals surface area contributed by atoms with E-state index in [0.29, 0.717) is 6.54 Å². The lowest BCUT2D eigenvalue weighted by molar-refractivity contribution is 0.0579. The average Bonchev–Trinajstić information content (AvgIpc) is 2.66. The Morgan fingerprint density at radius 1 is 1.14 bits per heavy atom. The largest absolute Gasteiger partial charge is 0.351 e. The van der Waals surface area contributed by atoms with Crippen molar-refractivity contribution in [3.8, 4) is 0 Å². The van der Waals surface area contributed by atoms with Crippen molar-refractivity contribution in [3.05, 3.63) is 23.0 Å². The van der Waals surface area contributed by atoms with Crippen LogP contribution in [-0.4, -0.2) is 58.4 Å².